The van der Waals surface area contributed by atoms with Crippen LogP contribution in [0, 0.1) is 17.2 Å². The number of aromatic nitrogens is 5. The second-order valence-electron chi connectivity index (χ2n) is 12.3. The average molecular weight is 596 g/mol. The molecule has 2 aliphatic rings. The van der Waals surface area contributed by atoms with Crippen LogP contribution in [0.4, 0.5) is 5.82 Å². The zero-order valence-corrected chi connectivity index (χ0v) is 25.9. The number of likely N-dealkylation sites (tertiary alicyclic amines) is 1. The quantitative estimate of drug-likeness (QED) is 0.285. The number of piperazine rings is 1. The number of fused-ring (bicyclic) bond motifs is 1. The Hall–Kier alpha value is -4.27. The average Bonchev–Trinajstić information content (AvgIpc) is 3.71. The lowest BCUT2D eigenvalue weighted by atomic mass is 10.0. The van der Waals surface area contributed by atoms with Crippen molar-refractivity contribution in [2.24, 2.45) is 5.92 Å². The first kappa shape index (κ1) is 29.8. The van der Waals surface area contributed by atoms with E-state index >= 15 is 0 Å². The molecule has 4 aromatic rings. The van der Waals surface area contributed by atoms with Crippen LogP contribution in [0.25, 0.3) is 27.8 Å². The highest BCUT2D eigenvalue weighted by Gasteiger charge is 2.24. The molecule has 0 bridgehead atoms. The summed E-state index contributed by atoms with van der Waals surface area (Å²) in [6, 6.07) is 8.87. The van der Waals surface area contributed by atoms with Crippen molar-refractivity contribution in [1.82, 2.24) is 34.2 Å². The Kier molecular flexibility index (Phi) is 8.91. The molecule has 0 N–H and O–H groups in total. The predicted molar refractivity (Wildman–Crippen MR) is 169 cm³/mol. The molecule has 4 aromatic heterocycles. The third-order valence-corrected chi connectivity index (χ3v) is 8.81. The molecule has 0 unspecified atom stereocenters. The van der Waals surface area contributed by atoms with Crippen molar-refractivity contribution in [1.29, 1.82) is 5.26 Å². The summed E-state index contributed by atoms with van der Waals surface area (Å²) < 4.78 is 9.13. The summed E-state index contributed by atoms with van der Waals surface area (Å²) in [7, 11) is 1.75. The van der Waals surface area contributed by atoms with Gasteiger partial charge in [-0.25, -0.2) is 9.50 Å². The third-order valence-electron chi connectivity index (χ3n) is 8.81. The van der Waals surface area contributed by atoms with Crippen molar-refractivity contribution in [2.75, 3.05) is 64.4 Å². The van der Waals surface area contributed by atoms with Gasteiger partial charge in [0.1, 0.15) is 11.9 Å². The first-order valence-electron chi connectivity index (χ1n) is 15.6. The van der Waals surface area contributed by atoms with Crippen LogP contribution in [0.15, 0.2) is 49.2 Å². The summed E-state index contributed by atoms with van der Waals surface area (Å²) in [5, 5.41) is 19.1. The number of nitriles is 1. The maximum absolute atomic E-state index is 12.5. The van der Waals surface area contributed by atoms with Gasteiger partial charge in [0.05, 0.1) is 36.1 Å². The van der Waals surface area contributed by atoms with Crippen molar-refractivity contribution in [2.45, 2.75) is 39.2 Å². The van der Waals surface area contributed by atoms with Gasteiger partial charge in [0.25, 0.3) is 0 Å². The highest BCUT2D eigenvalue weighted by molar-refractivity contribution is 5.87. The van der Waals surface area contributed by atoms with E-state index in [-0.39, 0.29) is 5.91 Å². The van der Waals surface area contributed by atoms with Gasteiger partial charge < -0.3 is 19.4 Å². The van der Waals surface area contributed by atoms with Crippen LogP contribution in [0.5, 0.6) is 0 Å². The van der Waals surface area contributed by atoms with Crippen molar-refractivity contribution in [3.05, 3.63) is 54.7 Å². The molecule has 11 nitrogen and oxygen atoms in total. The number of methoxy groups -OCH3 is 1. The number of rotatable bonds is 9. The number of hydrogen-bond acceptors (Lipinski definition) is 8. The molecule has 1 amide bonds. The van der Waals surface area contributed by atoms with Gasteiger partial charge in [-0.15, -0.1) is 0 Å². The fourth-order valence-electron chi connectivity index (χ4n) is 6.29. The highest BCUT2D eigenvalue weighted by Crippen LogP contribution is 2.33. The summed E-state index contributed by atoms with van der Waals surface area (Å²) in [6.45, 7) is 10.9. The van der Waals surface area contributed by atoms with Crippen molar-refractivity contribution < 1.29 is 9.53 Å². The van der Waals surface area contributed by atoms with E-state index in [0.29, 0.717) is 37.0 Å². The molecule has 0 aromatic carbocycles. The number of ether oxygens (including phenoxy) is 1. The Bertz CT molecular complexity index is 1620. The molecule has 6 rings (SSSR count). The minimum atomic E-state index is 0.231. The molecular weight excluding hydrogens is 554 g/mol. The Morgan fingerprint density at radius 3 is 2.48 bits per heavy atom. The molecule has 0 aliphatic carbocycles. The molecule has 0 saturated carbocycles. The number of carbonyl (C=O) groups excluding carboxylic acids is 1. The van der Waals surface area contributed by atoms with Crippen LogP contribution < -0.4 is 4.90 Å². The fraction of sp³-hybridized carbons (Fsp3) is 0.485. The second-order valence-corrected chi connectivity index (χ2v) is 12.3. The standard InChI is InChI=1S/C33H41N9O2/c1-24(2)16-32(43)40-12-10-39(11-13-40)31-5-4-25(19-35-31)30-17-26(22-42-33(30)27(18-34)20-37-42)28-21-36-41(23-28)29-6-8-38(9-7-29)14-15-44-3/h4-5,17,19-24,29H,6-16H2,1-3H3. The number of nitrogens with zero attached hydrogens (tertiary/aromatic N) is 9. The molecule has 11 heteroatoms. The van der Waals surface area contributed by atoms with Gasteiger partial charge >= 0.3 is 0 Å². The van der Waals surface area contributed by atoms with Crippen LogP contribution in [0.3, 0.4) is 0 Å². The monoisotopic (exact) mass is 595 g/mol. The number of amides is 1. The molecule has 0 spiro atoms. The van der Waals surface area contributed by atoms with Crippen LogP contribution in [0.2, 0.25) is 0 Å². The minimum Gasteiger partial charge on any atom is -0.383 e. The van der Waals surface area contributed by atoms with Crippen LogP contribution in [-0.2, 0) is 9.53 Å². The Balaban J connectivity index is 1.21. The molecule has 44 heavy (non-hydrogen) atoms. The van der Waals surface area contributed by atoms with Gasteiger partial charge in [-0.05, 0) is 37.0 Å². The Morgan fingerprint density at radius 2 is 1.80 bits per heavy atom. The normalized spacial score (nSPS) is 16.6. The van der Waals surface area contributed by atoms with E-state index in [0.717, 1.165) is 85.8 Å². The summed E-state index contributed by atoms with van der Waals surface area (Å²) in [6.07, 6.45) is 12.2. The number of hydrogen-bond donors (Lipinski definition) is 0. The molecule has 2 fully saturated rings. The van der Waals surface area contributed by atoms with Crippen molar-refractivity contribution in [3.63, 3.8) is 0 Å². The van der Waals surface area contributed by atoms with Gasteiger partial charge in [-0.3, -0.25) is 9.48 Å². The van der Waals surface area contributed by atoms with E-state index in [1.165, 1.54) is 0 Å². The zero-order chi connectivity index (χ0) is 30.6. The van der Waals surface area contributed by atoms with Crippen LogP contribution in [-0.4, -0.2) is 99.6 Å². The molecule has 230 valence electrons. The first-order chi connectivity index (χ1) is 21.4. The van der Waals surface area contributed by atoms with Crippen molar-refractivity contribution in [3.8, 4) is 28.3 Å². The minimum absolute atomic E-state index is 0.231. The first-order valence-corrected chi connectivity index (χ1v) is 15.6. The molecule has 2 saturated heterocycles. The van der Waals surface area contributed by atoms with Crippen molar-refractivity contribution >= 4 is 17.2 Å². The number of piperidine rings is 1. The van der Waals surface area contributed by atoms with E-state index in [2.05, 4.69) is 57.8 Å². The second kappa shape index (κ2) is 13.2. The van der Waals surface area contributed by atoms with Gasteiger partial charge in [0.15, 0.2) is 0 Å². The summed E-state index contributed by atoms with van der Waals surface area (Å²) >= 11 is 0. The smallest absolute Gasteiger partial charge is 0.222 e. The van der Waals surface area contributed by atoms with Crippen LogP contribution >= 0.6 is 0 Å². The molecule has 0 radical (unpaired) electrons. The lowest BCUT2D eigenvalue weighted by Gasteiger charge is -2.35. The Morgan fingerprint density at radius 1 is 1.00 bits per heavy atom. The number of anilines is 1. The van der Waals surface area contributed by atoms with E-state index < -0.39 is 0 Å². The topological polar surface area (TPSA) is 108 Å². The third kappa shape index (κ3) is 6.32. The SMILES string of the molecule is COCCN1CCC(n2cc(-c3cc(-c4ccc(N5CCN(C(=O)CC(C)C)CC5)nc4)c4c(C#N)cnn4c3)cn2)CC1. The van der Waals surface area contributed by atoms with Gasteiger partial charge in [-0.1, -0.05) is 13.8 Å². The lowest BCUT2D eigenvalue weighted by molar-refractivity contribution is -0.132. The van der Waals surface area contributed by atoms with Crippen LogP contribution in [0.1, 0.15) is 44.7 Å². The predicted octanol–water partition coefficient (Wildman–Crippen LogP) is 4.11. The Labute approximate surface area is 258 Å². The largest absolute Gasteiger partial charge is 0.383 e. The molecule has 2 aliphatic heterocycles. The van der Waals surface area contributed by atoms with E-state index in [9.17, 15) is 10.1 Å². The maximum atomic E-state index is 12.5. The molecular formula is C33H41N9O2. The fourth-order valence-corrected chi connectivity index (χ4v) is 6.29. The summed E-state index contributed by atoms with van der Waals surface area (Å²) in [5.74, 6) is 1.48. The van der Waals surface area contributed by atoms with E-state index in [4.69, 9.17) is 14.8 Å². The van der Waals surface area contributed by atoms with E-state index in [1.807, 2.05) is 29.6 Å². The lowest BCUT2D eigenvalue weighted by Crippen LogP contribution is -2.49. The maximum Gasteiger partial charge on any atom is 0.222 e. The number of pyridine rings is 2. The summed E-state index contributed by atoms with van der Waals surface area (Å²) in [4.78, 5) is 24.0. The number of carbonyl (C=O) groups is 1. The van der Waals surface area contributed by atoms with Gasteiger partial charge in [-0.2, -0.15) is 15.5 Å². The molecule has 6 heterocycles. The molecule has 0 atom stereocenters. The van der Waals surface area contributed by atoms with E-state index in [1.54, 1.807) is 17.8 Å². The van der Waals surface area contributed by atoms with Gasteiger partial charge in [0.2, 0.25) is 5.91 Å². The highest BCUT2D eigenvalue weighted by atomic mass is 16.5. The summed E-state index contributed by atoms with van der Waals surface area (Å²) in [5.41, 5.74) is 5.10. The zero-order valence-electron chi connectivity index (χ0n) is 25.9. The van der Waals surface area contributed by atoms with Gasteiger partial charge in [0, 0.05) is 100 Å².